The van der Waals surface area contributed by atoms with Gasteiger partial charge in [0.1, 0.15) is 5.75 Å². The molecule has 24 heavy (non-hydrogen) atoms. The highest BCUT2D eigenvalue weighted by molar-refractivity contribution is 5.94. The molecule has 0 fully saturated rings. The van der Waals surface area contributed by atoms with E-state index in [0.717, 1.165) is 12.0 Å². The first kappa shape index (κ1) is 18.0. The molecule has 0 spiro atoms. The fourth-order valence-corrected chi connectivity index (χ4v) is 2.50. The van der Waals surface area contributed by atoms with E-state index in [-0.39, 0.29) is 12.0 Å². The van der Waals surface area contributed by atoms with E-state index in [2.05, 4.69) is 0 Å². The second-order valence-electron chi connectivity index (χ2n) is 6.05. The molecule has 0 aliphatic rings. The van der Waals surface area contributed by atoms with Crippen molar-refractivity contribution in [3.8, 4) is 5.75 Å². The van der Waals surface area contributed by atoms with Gasteiger partial charge in [-0.25, -0.2) is 0 Å². The van der Waals surface area contributed by atoms with Crippen molar-refractivity contribution in [2.75, 3.05) is 13.1 Å². The van der Waals surface area contributed by atoms with Crippen molar-refractivity contribution in [3.05, 3.63) is 65.7 Å². The smallest absolute Gasteiger partial charge is 0.254 e. The molecule has 2 aromatic rings. The summed E-state index contributed by atoms with van der Waals surface area (Å²) in [6.07, 6.45) is 0.855. The Morgan fingerprint density at radius 3 is 2.54 bits per heavy atom. The van der Waals surface area contributed by atoms with Crippen molar-refractivity contribution in [2.45, 2.75) is 32.9 Å². The number of carbonyl (C=O) groups excluding carboxylic acids is 1. The lowest BCUT2D eigenvalue weighted by atomic mass is 10.1. The van der Waals surface area contributed by atoms with Crippen molar-refractivity contribution < 1.29 is 9.53 Å². The predicted octanol–water partition coefficient (Wildman–Crippen LogP) is 3.47. The van der Waals surface area contributed by atoms with Crippen LogP contribution in [0.15, 0.2) is 54.6 Å². The minimum absolute atomic E-state index is 0.00140. The third kappa shape index (κ3) is 5.39. The monoisotopic (exact) mass is 326 g/mol. The molecule has 0 heterocycles. The summed E-state index contributed by atoms with van der Waals surface area (Å²) in [6, 6.07) is 17.4. The first-order valence-corrected chi connectivity index (χ1v) is 8.40. The molecular formula is C20H26N2O2. The maximum Gasteiger partial charge on any atom is 0.254 e. The zero-order chi connectivity index (χ0) is 17.4. The van der Waals surface area contributed by atoms with Gasteiger partial charge in [-0.1, -0.05) is 36.4 Å². The molecule has 128 valence electrons. The molecule has 0 atom stereocenters. The highest BCUT2D eigenvalue weighted by Gasteiger charge is 2.16. The predicted molar refractivity (Wildman–Crippen MR) is 97.1 cm³/mol. The lowest BCUT2D eigenvalue weighted by molar-refractivity contribution is 0.0741. The Kier molecular flexibility index (Phi) is 6.82. The molecule has 2 N–H and O–H groups in total. The van der Waals surface area contributed by atoms with Crippen LogP contribution in [0.2, 0.25) is 0 Å². The molecule has 0 bridgehead atoms. The van der Waals surface area contributed by atoms with Crippen molar-refractivity contribution in [1.29, 1.82) is 0 Å². The fourth-order valence-electron chi connectivity index (χ4n) is 2.50. The third-order valence-electron chi connectivity index (χ3n) is 3.59. The van der Waals surface area contributed by atoms with Gasteiger partial charge in [-0.3, -0.25) is 4.79 Å². The highest BCUT2D eigenvalue weighted by atomic mass is 16.5. The summed E-state index contributed by atoms with van der Waals surface area (Å²) >= 11 is 0. The number of hydrogen-bond acceptors (Lipinski definition) is 3. The topological polar surface area (TPSA) is 55.6 Å². The van der Waals surface area contributed by atoms with Crippen LogP contribution >= 0.6 is 0 Å². The molecule has 1 amide bonds. The number of nitrogens with two attached hydrogens (primary N) is 1. The van der Waals surface area contributed by atoms with Crippen LogP contribution in [0.4, 0.5) is 0 Å². The van der Waals surface area contributed by atoms with Gasteiger partial charge < -0.3 is 15.4 Å². The number of rotatable bonds is 8. The van der Waals surface area contributed by atoms with Gasteiger partial charge in [-0.15, -0.1) is 0 Å². The molecule has 0 aliphatic carbocycles. The number of amides is 1. The van der Waals surface area contributed by atoms with E-state index in [9.17, 15) is 4.79 Å². The molecule has 2 rings (SSSR count). The maximum atomic E-state index is 12.9. The Bertz CT molecular complexity index is 641. The summed E-state index contributed by atoms with van der Waals surface area (Å²) < 4.78 is 5.69. The summed E-state index contributed by atoms with van der Waals surface area (Å²) in [5.41, 5.74) is 7.38. The van der Waals surface area contributed by atoms with Gasteiger partial charge in [-0.2, -0.15) is 0 Å². The fraction of sp³-hybridized carbons (Fsp3) is 0.350. The zero-order valence-electron chi connectivity index (χ0n) is 14.4. The number of benzene rings is 2. The van der Waals surface area contributed by atoms with Gasteiger partial charge in [0.15, 0.2) is 0 Å². The van der Waals surface area contributed by atoms with Crippen LogP contribution in [0.1, 0.15) is 36.2 Å². The Labute approximate surface area is 144 Å². The molecule has 4 nitrogen and oxygen atoms in total. The summed E-state index contributed by atoms with van der Waals surface area (Å²) in [4.78, 5) is 14.8. The van der Waals surface area contributed by atoms with E-state index in [4.69, 9.17) is 10.5 Å². The highest BCUT2D eigenvalue weighted by Crippen LogP contribution is 2.18. The van der Waals surface area contributed by atoms with E-state index in [1.54, 1.807) is 0 Å². The SMILES string of the molecule is CC(C)Oc1cccc(C(=O)N(CCCN)Cc2ccccc2)c1. The molecule has 0 aliphatic heterocycles. The lowest BCUT2D eigenvalue weighted by Crippen LogP contribution is -2.32. The number of nitrogens with zero attached hydrogens (tertiary/aromatic N) is 1. The van der Waals surface area contributed by atoms with Crippen molar-refractivity contribution in [3.63, 3.8) is 0 Å². The van der Waals surface area contributed by atoms with Crippen LogP contribution in [0.3, 0.4) is 0 Å². The Morgan fingerprint density at radius 1 is 1.12 bits per heavy atom. The molecule has 4 heteroatoms. The van der Waals surface area contributed by atoms with E-state index in [1.165, 1.54) is 0 Å². The average Bonchev–Trinajstić information content (AvgIpc) is 2.58. The molecule has 0 saturated carbocycles. The average molecular weight is 326 g/mol. The summed E-state index contributed by atoms with van der Waals surface area (Å²) in [5, 5.41) is 0. The molecule has 2 aromatic carbocycles. The first-order valence-electron chi connectivity index (χ1n) is 8.40. The van der Waals surface area contributed by atoms with Gasteiger partial charge in [-0.05, 0) is 50.6 Å². The quantitative estimate of drug-likeness (QED) is 0.808. The molecule has 0 saturated heterocycles. The van der Waals surface area contributed by atoms with Crippen LogP contribution in [0.5, 0.6) is 5.75 Å². The maximum absolute atomic E-state index is 12.9. The van der Waals surface area contributed by atoms with E-state index in [0.29, 0.717) is 30.9 Å². The Hall–Kier alpha value is -2.33. The standard InChI is InChI=1S/C20H26N2O2/c1-16(2)24-19-11-6-10-18(14-19)20(23)22(13-7-12-21)15-17-8-4-3-5-9-17/h3-6,8-11,14,16H,7,12-13,15,21H2,1-2H3. The Balaban J connectivity index is 2.17. The van der Waals surface area contributed by atoms with Gasteiger partial charge in [0.25, 0.3) is 5.91 Å². The minimum atomic E-state index is 0.00140. The molecular weight excluding hydrogens is 300 g/mol. The van der Waals surface area contributed by atoms with Gasteiger partial charge >= 0.3 is 0 Å². The molecule has 0 radical (unpaired) electrons. The van der Waals surface area contributed by atoms with Crippen LogP contribution in [0.25, 0.3) is 0 Å². The summed E-state index contributed by atoms with van der Waals surface area (Å²) in [7, 11) is 0. The normalized spacial score (nSPS) is 10.7. The second kappa shape index (κ2) is 9.08. The van der Waals surface area contributed by atoms with Crippen molar-refractivity contribution in [2.24, 2.45) is 5.73 Å². The van der Waals surface area contributed by atoms with E-state index in [1.807, 2.05) is 73.3 Å². The van der Waals surface area contributed by atoms with Crippen LogP contribution in [-0.2, 0) is 6.54 Å². The number of hydrogen-bond donors (Lipinski definition) is 1. The van der Waals surface area contributed by atoms with Crippen LogP contribution in [-0.4, -0.2) is 30.0 Å². The van der Waals surface area contributed by atoms with Crippen LogP contribution in [0, 0.1) is 0 Å². The van der Waals surface area contributed by atoms with Gasteiger partial charge in [0.05, 0.1) is 6.10 Å². The first-order chi connectivity index (χ1) is 11.6. The minimum Gasteiger partial charge on any atom is -0.491 e. The van der Waals surface area contributed by atoms with E-state index < -0.39 is 0 Å². The second-order valence-corrected chi connectivity index (χ2v) is 6.05. The van der Waals surface area contributed by atoms with E-state index >= 15 is 0 Å². The van der Waals surface area contributed by atoms with Gasteiger partial charge in [0, 0.05) is 18.7 Å². The largest absolute Gasteiger partial charge is 0.491 e. The number of carbonyl (C=O) groups is 1. The molecule has 0 aromatic heterocycles. The third-order valence-corrected chi connectivity index (χ3v) is 3.59. The van der Waals surface area contributed by atoms with Crippen LogP contribution < -0.4 is 10.5 Å². The lowest BCUT2D eigenvalue weighted by Gasteiger charge is -2.23. The summed E-state index contributed by atoms with van der Waals surface area (Å²) in [5.74, 6) is 0.718. The Morgan fingerprint density at radius 2 is 1.88 bits per heavy atom. The molecule has 0 unspecified atom stereocenters. The summed E-state index contributed by atoms with van der Waals surface area (Å²) in [6.45, 7) is 5.72. The van der Waals surface area contributed by atoms with Crippen molar-refractivity contribution in [1.82, 2.24) is 4.90 Å². The zero-order valence-corrected chi connectivity index (χ0v) is 14.4. The van der Waals surface area contributed by atoms with Gasteiger partial charge in [0.2, 0.25) is 0 Å². The number of ether oxygens (including phenoxy) is 1. The van der Waals surface area contributed by atoms with Crippen molar-refractivity contribution >= 4 is 5.91 Å².